The van der Waals surface area contributed by atoms with E-state index in [0.717, 1.165) is 30.6 Å². The van der Waals surface area contributed by atoms with E-state index in [1.807, 2.05) is 6.07 Å². The third-order valence-electron chi connectivity index (χ3n) is 5.15. The maximum Gasteiger partial charge on any atom is 0.273 e. The Kier molecular flexibility index (Phi) is 4.44. The topological polar surface area (TPSA) is 93.5 Å². The highest BCUT2D eigenvalue weighted by atomic mass is 32.2. The van der Waals surface area contributed by atoms with E-state index in [1.54, 1.807) is 17.8 Å². The molecule has 1 amide bonds. The monoisotopic (exact) mass is 374 g/mol. The minimum absolute atomic E-state index is 0.212. The Labute approximate surface area is 154 Å². The Bertz CT molecular complexity index is 855. The quantitative estimate of drug-likeness (QED) is 0.858. The minimum atomic E-state index is -0.578. The van der Waals surface area contributed by atoms with E-state index in [1.165, 1.54) is 18.4 Å². The van der Waals surface area contributed by atoms with Crippen molar-refractivity contribution in [1.29, 1.82) is 0 Å². The van der Waals surface area contributed by atoms with Crippen LogP contribution in [-0.4, -0.2) is 22.0 Å². The maximum absolute atomic E-state index is 14.7. The molecule has 0 spiro atoms. The van der Waals surface area contributed by atoms with Gasteiger partial charge >= 0.3 is 0 Å². The van der Waals surface area contributed by atoms with Crippen LogP contribution in [0.15, 0.2) is 40.0 Å². The number of halogens is 1. The van der Waals surface area contributed by atoms with Crippen LogP contribution in [0.3, 0.4) is 0 Å². The molecule has 4 rings (SSSR count). The van der Waals surface area contributed by atoms with Gasteiger partial charge in [0.15, 0.2) is 10.9 Å². The Morgan fingerprint density at radius 3 is 3.15 bits per heavy atom. The second-order valence-corrected chi connectivity index (χ2v) is 7.70. The molecule has 0 saturated heterocycles. The highest BCUT2D eigenvalue weighted by molar-refractivity contribution is 8.13. The van der Waals surface area contributed by atoms with E-state index in [2.05, 4.69) is 15.0 Å². The molecule has 0 bridgehead atoms. The van der Waals surface area contributed by atoms with Crippen molar-refractivity contribution < 1.29 is 13.7 Å². The number of hydrogen-bond acceptors (Lipinski definition) is 6. The molecule has 2 aromatic rings. The molecule has 6 nitrogen and oxygen atoms in total. The van der Waals surface area contributed by atoms with Crippen LogP contribution >= 0.6 is 11.8 Å². The average Bonchev–Trinajstić information content (AvgIpc) is 3.30. The smallest absolute Gasteiger partial charge is 0.273 e. The molecule has 2 aliphatic rings. The van der Waals surface area contributed by atoms with Crippen molar-refractivity contribution in [2.45, 2.75) is 31.3 Å². The SMILES string of the molecule is NC1=N[C@@]2(c3cc(CNC(=O)c4ccon4)ccc3F)CCC[C@H]2CS1. The van der Waals surface area contributed by atoms with Crippen molar-refractivity contribution in [3.63, 3.8) is 0 Å². The van der Waals surface area contributed by atoms with Crippen LogP contribution in [0.4, 0.5) is 4.39 Å². The van der Waals surface area contributed by atoms with Gasteiger partial charge in [-0.2, -0.15) is 0 Å². The number of fused-ring (bicyclic) bond motifs is 1. The summed E-state index contributed by atoms with van der Waals surface area (Å²) in [5, 5.41) is 6.89. The molecule has 1 fully saturated rings. The standard InChI is InChI=1S/C18H19FN4O2S/c19-14-4-3-11(9-21-16(24)15-5-7-25-23-15)8-13(14)18-6-1-2-12(18)10-26-17(20)22-18/h3-5,7-8,12H,1-2,6,9-10H2,(H2,20,22)(H,21,24)/t12-,18-/m0/s1. The molecular formula is C18H19FN4O2S. The fourth-order valence-electron chi connectivity index (χ4n) is 3.88. The molecule has 2 heterocycles. The van der Waals surface area contributed by atoms with E-state index in [4.69, 9.17) is 10.7 Å². The number of amidine groups is 1. The van der Waals surface area contributed by atoms with Gasteiger partial charge in [-0.3, -0.25) is 9.79 Å². The summed E-state index contributed by atoms with van der Waals surface area (Å²) in [4.78, 5) is 16.7. The van der Waals surface area contributed by atoms with E-state index in [-0.39, 0.29) is 29.9 Å². The summed E-state index contributed by atoms with van der Waals surface area (Å²) >= 11 is 1.54. The summed E-state index contributed by atoms with van der Waals surface area (Å²) in [6.07, 6.45) is 4.17. The zero-order valence-electron chi connectivity index (χ0n) is 14.1. The number of carbonyl (C=O) groups excluding carboxylic acids is 1. The summed E-state index contributed by atoms with van der Waals surface area (Å²) in [7, 11) is 0. The molecule has 1 aromatic heterocycles. The Morgan fingerprint density at radius 1 is 1.46 bits per heavy atom. The van der Waals surface area contributed by atoms with Gasteiger partial charge < -0.3 is 15.6 Å². The zero-order chi connectivity index (χ0) is 18.1. The number of rotatable bonds is 4. The Hall–Kier alpha value is -2.35. The molecule has 1 saturated carbocycles. The number of nitrogens with two attached hydrogens (primary N) is 1. The van der Waals surface area contributed by atoms with Crippen molar-refractivity contribution in [2.24, 2.45) is 16.6 Å². The number of aliphatic imine (C=N–C) groups is 1. The molecule has 0 radical (unpaired) electrons. The molecular weight excluding hydrogens is 355 g/mol. The lowest BCUT2D eigenvalue weighted by Gasteiger charge is -2.36. The van der Waals surface area contributed by atoms with Crippen LogP contribution in [0.2, 0.25) is 0 Å². The van der Waals surface area contributed by atoms with Gasteiger partial charge in [0.25, 0.3) is 5.91 Å². The summed E-state index contributed by atoms with van der Waals surface area (Å²) < 4.78 is 19.4. The van der Waals surface area contributed by atoms with Crippen molar-refractivity contribution in [2.75, 3.05) is 5.75 Å². The third kappa shape index (κ3) is 2.98. The second-order valence-electron chi connectivity index (χ2n) is 6.66. The van der Waals surface area contributed by atoms with E-state index in [0.29, 0.717) is 10.7 Å². The number of hydrogen-bond donors (Lipinski definition) is 2. The summed E-state index contributed by atoms with van der Waals surface area (Å²) in [6.45, 7) is 0.271. The average molecular weight is 374 g/mol. The molecule has 136 valence electrons. The fourth-order valence-corrected chi connectivity index (χ4v) is 4.92. The molecule has 0 unspecified atom stereocenters. The maximum atomic E-state index is 14.7. The molecule has 3 N–H and O–H groups in total. The molecule has 8 heteroatoms. The lowest BCUT2D eigenvalue weighted by atomic mass is 9.80. The van der Waals surface area contributed by atoms with Crippen LogP contribution in [0.1, 0.15) is 40.9 Å². The zero-order valence-corrected chi connectivity index (χ0v) is 14.9. The van der Waals surface area contributed by atoms with Gasteiger partial charge in [0, 0.05) is 23.9 Å². The first kappa shape index (κ1) is 17.1. The van der Waals surface area contributed by atoms with Crippen LogP contribution in [-0.2, 0) is 12.1 Å². The largest absolute Gasteiger partial charge is 0.379 e. The molecule has 1 aromatic carbocycles. The molecule has 26 heavy (non-hydrogen) atoms. The van der Waals surface area contributed by atoms with Crippen molar-refractivity contribution in [3.05, 3.63) is 53.2 Å². The number of thioether (sulfide) groups is 1. The summed E-state index contributed by atoms with van der Waals surface area (Å²) in [5.41, 5.74) is 7.00. The number of amides is 1. The van der Waals surface area contributed by atoms with Gasteiger partial charge in [-0.1, -0.05) is 29.4 Å². The number of nitrogens with one attached hydrogen (secondary N) is 1. The van der Waals surface area contributed by atoms with Gasteiger partial charge in [0.2, 0.25) is 0 Å². The molecule has 1 aliphatic carbocycles. The number of nitrogens with zero attached hydrogens (tertiary/aromatic N) is 2. The number of benzene rings is 1. The van der Waals surface area contributed by atoms with Gasteiger partial charge in [-0.15, -0.1) is 0 Å². The number of aromatic nitrogens is 1. The predicted octanol–water partition coefficient (Wildman–Crippen LogP) is 2.80. The third-order valence-corrected chi connectivity index (χ3v) is 6.10. The van der Waals surface area contributed by atoms with Gasteiger partial charge in [0.05, 0.1) is 5.54 Å². The molecule has 1 aliphatic heterocycles. The van der Waals surface area contributed by atoms with Crippen LogP contribution in [0.25, 0.3) is 0 Å². The Balaban J connectivity index is 1.60. The van der Waals surface area contributed by atoms with E-state index in [9.17, 15) is 9.18 Å². The first-order valence-corrected chi connectivity index (χ1v) is 9.53. The summed E-state index contributed by atoms with van der Waals surface area (Å²) in [6, 6.07) is 6.42. The lowest BCUT2D eigenvalue weighted by Crippen LogP contribution is -2.37. The first-order valence-electron chi connectivity index (χ1n) is 8.54. The van der Waals surface area contributed by atoms with E-state index < -0.39 is 5.54 Å². The lowest BCUT2D eigenvalue weighted by molar-refractivity contribution is 0.0942. The second kappa shape index (κ2) is 6.75. The predicted molar refractivity (Wildman–Crippen MR) is 97.2 cm³/mol. The fraction of sp³-hybridized carbons (Fsp3) is 0.389. The molecule has 2 atom stereocenters. The van der Waals surface area contributed by atoms with Crippen molar-refractivity contribution >= 4 is 22.8 Å². The normalized spacial score (nSPS) is 24.8. The first-order chi connectivity index (χ1) is 12.6. The highest BCUT2D eigenvalue weighted by Gasteiger charge is 2.47. The van der Waals surface area contributed by atoms with Gasteiger partial charge in [-0.05, 0) is 36.5 Å². The van der Waals surface area contributed by atoms with Crippen LogP contribution in [0, 0.1) is 11.7 Å². The van der Waals surface area contributed by atoms with Gasteiger partial charge in [-0.25, -0.2) is 4.39 Å². The summed E-state index contributed by atoms with van der Waals surface area (Å²) in [5.74, 6) is 0.543. The van der Waals surface area contributed by atoms with Crippen LogP contribution in [0.5, 0.6) is 0 Å². The van der Waals surface area contributed by atoms with E-state index >= 15 is 0 Å². The number of carbonyl (C=O) groups is 1. The van der Waals surface area contributed by atoms with Crippen LogP contribution < -0.4 is 11.1 Å². The minimum Gasteiger partial charge on any atom is -0.379 e. The van der Waals surface area contributed by atoms with Crippen molar-refractivity contribution in [1.82, 2.24) is 10.5 Å². The Morgan fingerprint density at radius 2 is 2.35 bits per heavy atom. The highest BCUT2D eigenvalue weighted by Crippen LogP contribution is 2.51. The van der Waals surface area contributed by atoms with Gasteiger partial charge in [0.1, 0.15) is 12.1 Å². The van der Waals surface area contributed by atoms with Crippen molar-refractivity contribution in [3.8, 4) is 0 Å².